The molecule has 214 valence electrons. The van der Waals surface area contributed by atoms with Crippen molar-refractivity contribution in [3.8, 4) is 0 Å². The molecule has 2 nitrogen and oxygen atoms in total. The van der Waals surface area contributed by atoms with Crippen LogP contribution in [0.2, 0.25) is 20.1 Å². The van der Waals surface area contributed by atoms with E-state index in [0.29, 0.717) is 20.1 Å². The fourth-order valence-electron chi connectivity index (χ4n) is 5.74. The molecular formula is C38H24Cl4N2. The maximum absolute atomic E-state index is 6.35. The van der Waals surface area contributed by atoms with Gasteiger partial charge >= 0.3 is 0 Å². The van der Waals surface area contributed by atoms with Crippen LogP contribution in [0.3, 0.4) is 0 Å². The van der Waals surface area contributed by atoms with Crippen LogP contribution in [0, 0.1) is 0 Å². The van der Waals surface area contributed by atoms with E-state index in [1.54, 1.807) is 0 Å². The summed E-state index contributed by atoms with van der Waals surface area (Å²) in [6, 6.07) is 48.8. The molecule has 7 aromatic rings. The smallest absolute Gasteiger partial charge is 0.0619 e. The molecule has 0 amide bonds. The van der Waals surface area contributed by atoms with Crippen molar-refractivity contribution in [3.05, 3.63) is 166 Å². The zero-order valence-corrected chi connectivity index (χ0v) is 26.3. The Hall–Kier alpha value is -4.18. The standard InChI is InChI=1S/C38H24Cl4N2/c39-25-9-17-29(18-10-25)43(30-19-11-26(40)12-20-30)37-33-5-1-2-6-34(33)38(36-8-4-3-7-35(36)37)44(31-21-13-27(41)14-22-31)32-23-15-28(42)16-24-32/h1-24H. The molecule has 0 radical (unpaired) electrons. The second kappa shape index (κ2) is 12.1. The monoisotopic (exact) mass is 648 g/mol. The topological polar surface area (TPSA) is 6.48 Å². The molecule has 7 rings (SSSR count). The summed E-state index contributed by atoms with van der Waals surface area (Å²) in [5.74, 6) is 0. The molecule has 0 fully saturated rings. The van der Waals surface area contributed by atoms with Crippen molar-refractivity contribution in [2.24, 2.45) is 0 Å². The Balaban J connectivity index is 1.60. The van der Waals surface area contributed by atoms with Gasteiger partial charge in [0.15, 0.2) is 0 Å². The van der Waals surface area contributed by atoms with E-state index in [9.17, 15) is 0 Å². The van der Waals surface area contributed by atoms with Gasteiger partial charge in [-0.15, -0.1) is 0 Å². The molecule has 0 spiro atoms. The molecule has 0 N–H and O–H groups in total. The third kappa shape index (κ3) is 5.36. The van der Waals surface area contributed by atoms with Crippen molar-refractivity contribution in [2.45, 2.75) is 0 Å². The van der Waals surface area contributed by atoms with Crippen molar-refractivity contribution in [1.29, 1.82) is 0 Å². The summed E-state index contributed by atoms with van der Waals surface area (Å²) in [5.41, 5.74) is 6.02. The van der Waals surface area contributed by atoms with Crippen LogP contribution in [0.5, 0.6) is 0 Å². The van der Waals surface area contributed by atoms with Gasteiger partial charge in [-0.1, -0.05) is 94.9 Å². The summed E-state index contributed by atoms with van der Waals surface area (Å²) in [6.45, 7) is 0. The lowest BCUT2D eigenvalue weighted by atomic mass is 9.95. The molecule has 0 bridgehead atoms. The van der Waals surface area contributed by atoms with Gasteiger partial charge in [0.1, 0.15) is 0 Å². The minimum absolute atomic E-state index is 0.677. The van der Waals surface area contributed by atoms with E-state index in [4.69, 9.17) is 46.4 Å². The Morgan fingerprint density at radius 1 is 0.273 bits per heavy atom. The Morgan fingerprint density at radius 2 is 0.477 bits per heavy atom. The molecule has 6 heteroatoms. The van der Waals surface area contributed by atoms with Crippen molar-refractivity contribution in [2.75, 3.05) is 9.80 Å². The van der Waals surface area contributed by atoms with E-state index >= 15 is 0 Å². The van der Waals surface area contributed by atoms with E-state index in [1.165, 1.54) is 0 Å². The molecule has 0 saturated carbocycles. The highest BCUT2D eigenvalue weighted by molar-refractivity contribution is 6.32. The van der Waals surface area contributed by atoms with Crippen LogP contribution >= 0.6 is 46.4 Å². The van der Waals surface area contributed by atoms with E-state index in [1.807, 2.05) is 97.1 Å². The lowest BCUT2D eigenvalue weighted by molar-refractivity contribution is 1.29. The van der Waals surface area contributed by atoms with Crippen LogP contribution in [0.1, 0.15) is 0 Å². The highest BCUT2D eigenvalue weighted by Crippen LogP contribution is 2.51. The summed E-state index contributed by atoms with van der Waals surface area (Å²) in [4.78, 5) is 4.55. The van der Waals surface area contributed by atoms with Crippen molar-refractivity contribution < 1.29 is 0 Å². The fraction of sp³-hybridized carbons (Fsp3) is 0. The third-order valence-electron chi connectivity index (χ3n) is 7.66. The van der Waals surface area contributed by atoms with Gasteiger partial charge in [0.05, 0.1) is 11.4 Å². The van der Waals surface area contributed by atoms with Crippen LogP contribution in [0.25, 0.3) is 21.5 Å². The summed E-state index contributed by atoms with van der Waals surface area (Å²) in [5, 5.41) is 7.04. The molecule has 0 aliphatic carbocycles. The molecule has 0 saturated heterocycles. The lowest BCUT2D eigenvalue weighted by Crippen LogP contribution is -2.14. The Kier molecular flexibility index (Phi) is 7.84. The first-order chi connectivity index (χ1) is 21.5. The maximum Gasteiger partial charge on any atom is 0.0619 e. The van der Waals surface area contributed by atoms with Crippen LogP contribution in [0.15, 0.2) is 146 Å². The minimum atomic E-state index is 0.677. The summed E-state index contributed by atoms with van der Waals surface area (Å²) in [7, 11) is 0. The van der Waals surface area contributed by atoms with Gasteiger partial charge < -0.3 is 9.80 Å². The molecule has 0 unspecified atom stereocenters. The highest BCUT2D eigenvalue weighted by atomic mass is 35.5. The highest BCUT2D eigenvalue weighted by Gasteiger charge is 2.25. The van der Waals surface area contributed by atoms with Crippen LogP contribution in [0.4, 0.5) is 34.1 Å². The molecule has 0 aromatic heterocycles. The molecule has 7 aromatic carbocycles. The normalized spacial score (nSPS) is 11.2. The number of benzene rings is 7. The van der Waals surface area contributed by atoms with Crippen LogP contribution < -0.4 is 9.80 Å². The van der Waals surface area contributed by atoms with Crippen LogP contribution in [-0.2, 0) is 0 Å². The average Bonchev–Trinajstić information content (AvgIpc) is 3.05. The second-order valence-electron chi connectivity index (χ2n) is 10.4. The zero-order chi connectivity index (χ0) is 30.2. The Bertz CT molecular complexity index is 1790. The van der Waals surface area contributed by atoms with E-state index < -0.39 is 0 Å². The molecule has 0 heterocycles. The minimum Gasteiger partial charge on any atom is -0.309 e. The quantitative estimate of drug-likeness (QED) is 0.131. The van der Waals surface area contributed by atoms with Gasteiger partial charge in [-0.3, -0.25) is 0 Å². The first kappa shape index (κ1) is 28.6. The van der Waals surface area contributed by atoms with E-state index in [-0.39, 0.29) is 0 Å². The van der Waals surface area contributed by atoms with Gasteiger partial charge in [0, 0.05) is 64.4 Å². The van der Waals surface area contributed by atoms with Crippen LogP contribution in [-0.4, -0.2) is 0 Å². The lowest BCUT2D eigenvalue weighted by Gasteiger charge is -2.33. The van der Waals surface area contributed by atoms with E-state index in [0.717, 1.165) is 55.7 Å². The third-order valence-corrected chi connectivity index (χ3v) is 8.67. The number of nitrogens with zero attached hydrogens (tertiary/aromatic N) is 2. The van der Waals surface area contributed by atoms with Gasteiger partial charge in [0.25, 0.3) is 0 Å². The molecule has 0 atom stereocenters. The Morgan fingerprint density at radius 3 is 0.682 bits per heavy atom. The summed E-state index contributed by atoms with van der Waals surface area (Å²) >= 11 is 25.4. The fourth-order valence-corrected chi connectivity index (χ4v) is 6.24. The first-order valence-corrected chi connectivity index (χ1v) is 15.5. The van der Waals surface area contributed by atoms with Crippen molar-refractivity contribution in [3.63, 3.8) is 0 Å². The summed E-state index contributed by atoms with van der Waals surface area (Å²) in [6.07, 6.45) is 0. The molecule has 44 heavy (non-hydrogen) atoms. The van der Waals surface area contributed by atoms with Gasteiger partial charge in [0.2, 0.25) is 0 Å². The number of halogens is 4. The molecular weight excluding hydrogens is 626 g/mol. The molecule has 0 aliphatic heterocycles. The predicted molar refractivity (Wildman–Crippen MR) is 191 cm³/mol. The average molecular weight is 650 g/mol. The van der Waals surface area contributed by atoms with E-state index in [2.05, 4.69) is 58.3 Å². The summed E-state index contributed by atoms with van der Waals surface area (Å²) < 4.78 is 0. The SMILES string of the molecule is Clc1ccc(N(c2ccc(Cl)cc2)c2c3ccccc3c(N(c3ccc(Cl)cc3)c3ccc(Cl)cc3)c3ccccc23)cc1. The number of anilines is 6. The predicted octanol–water partition coefficient (Wildman–Crippen LogP) is 13.5. The number of hydrogen-bond acceptors (Lipinski definition) is 2. The largest absolute Gasteiger partial charge is 0.309 e. The Labute approximate surface area is 276 Å². The zero-order valence-electron chi connectivity index (χ0n) is 23.3. The van der Waals surface area contributed by atoms with Crippen molar-refractivity contribution >= 4 is 102 Å². The van der Waals surface area contributed by atoms with Gasteiger partial charge in [-0.05, 0) is 97.1 Å². The second-order valence-corrected chi connectivity index (χ2v) is 12.1. The number of hydrogen-bond donors (Lipinski definition) is 0. The number of rotatable bonds is 6. The van der Waals surface area contributed by atoms with Gasteiger partial charge in [-0.25, -0.2) is 0 Å². The maximum atomic E-state index is 6.35. The first-order valence-electron chi connectivity index (χ1n) is 14.0. The number of fused-ring (bicyclic) bond motifs is 2. The van der Waals surface area contributed by atoms with Crippen molar-refractivity contribution in [1.82, 2.24) is 0 Å². The molecule has 0 aliphatic rings. The van der Waals surface area contributed by atoms with Gasteiger partial charge in [-0.2, -0.15) is 0 Å².